The number of nitrogens with zero attached hydrogens (tertiary/aromatic N) is 1. The first-order valence-corrected chi connectivity index (χ1v) is 7.01. The Morgan fingerprint density at radius 2 is 1.90 bits per heavy atom. The van der Waals surface area contributed by atoms with Crippen LogP contribution in [-0.4, -0.2) is 18.0 Å². The predicted molar refractivity (Wildman–Crippen MR) is 80.0 cm³/mol. The number of ether oxygens (including phenoxy) is 1. The maximum absolute atomic E-state index is 11.3. The van der Waals surface area contributed by atoms with Crippen LogP contribution in [0.25, 0.3) is 0 Å². The molecule has 0 aliphatic heterocycles. The third kappa shape index (κ3) is 3.74. The molecule has 0 saturated heterocycles. The van der Waals surface area contributed by atoms with Crippen LogP contribution < -0.4 is 0 Å². The van der Waals surface area contributed by atoms with Crippen LogP contribution in [0.5, 0.6) is 0 Å². The van der Waals surface area contributed by atoms with Gasteiger partial charge in [-0.25, -0.2) is 4.79 Å². The number of benzene rings is 2. The fraction of sp³-hybridized carbons (Fsp3) is 0.0714. The zero-order chi connectivity index (χ0) is 15.4. The van der Waals surface area contributed by atoms with Gasteiger partial charge in [-0.1, -0.05) is 23.4 Å². The van der Waals surface area contributed by atoms with Gasteiger partial charge in [-0.3, -0.25) is 10.1 Å². The Bertz CT molecular complexity index is 688. The minimum absolute atomic E-state index is 0.0513. The summed E-state index contributed by atoms with van der Waals surface area (Å²) in [6, 6.07) is 11.1. The van der Waals surface area contributed by atoms with E-state index in [4.69, 9.17) is 11.6 Å². The Balaban J connectivity index is 2.26. The van der Waals surface area contributed by atoms with E-state index in [2.05, 4.69) is 4.74 Å². The van der Waals surface area contributed by atoms with Crippen molar-refractivity contribution in [2.24, 2.45) is 0 Å². The molecule has 0 bridgehead atoms. The summed E-state index contributed by atoms with van der Waals surface area (Å²) >= 11 is 7.00. The molecule has 0 saturated carbocycles. The molecule has 0 spiro atoms. The monoisotopic (exact) mass is 323 g/mol. The first-order valence-electron chi connectivity index (χ1n) is 5.81. The first-order chi connectivity index (χ1) is 10.0. The summed E-state index contributed by atoms with van der Waals surface area (Å²) in [5.74, 6) is -0.427. The highest BCUT2D eigenvalue weighted by Crippen LogP contribution is 2.36. The number of halogens is 1. The average molecular weight is 324 g/mol. The van der Waals surface area contributed by atoms with Crippen LogP contribution in [0.3, 0.4) is 0 Å². The smallest absolute Gasteiger partial charge is 0.337 e. The van der Waals surface area contributed by atoms with E-state index in [0.717, 1.165) is 4.90 Å². The minimum Gasteiger partial charge on any atom is -0.465 e. The van der Waals surface area contributed by atoms with Crippen molar-refractivity contribution in [2.75, 3.05) is 7.11 Å². The number of esters is 1. The summed E-state index contributed by atoms with van der Waals surface area (Å²) in [5.41, 5.74) is 0.372. The number of nitro benzene ring substituents is 1. The average Bonchev–Trinajstić information content (AvgIpc) is 2.49. The second kappa shape index (κ2) is 6.60. The second-order valence-corrected chi connectivity index (χ2v) is 5.54. The van der Waals surface area contributed by atoms with Gasteiger partial charge in [0.05, 0.1) is 22.5 Å². The Morgan fingerprint density at radius 3 is 2.48 bits per heavy atom. The van der Waals surface area contributed by atoms with Crippen molar-refractivity contribution >= 4 is 35.0 Å². The summed E-state index contributed by atoms with van der Waals surface area (Å²) in [5, 5.41) is 11.3. The van der Waals surface area contributed by atoms with Crippen molar-refractivity contribution in [1.82, 2.24) is 0 Å². The van der Waals surface area contributed by atoms with E-state index in [1.165, 1.54) is 24.9 Å². The van der Waals surface area contributed by atoms with E-state index >= 15 is 0 Å². The molecule has 0 heterocycles. The van der Waals surface area contributed by atoms with Gasteiger partial charge < -0.3 is 4.74 Å². The fourth-order valence-corrected chi connectivity index (χ4v) is 2.69. The summed E-state index contributed by atoms with van der Waals surface area (Å²) in [4.78, 5) is 23.1. The molecular weight excluding hydrogens is 314 g/mol. The SMILES string of the molecule is COC(=O)c1ccc(Sc2ccc(Cl)cc2[N+](=O)[O-])cc1. The normalized spacial score (nSPS) is 10.2. The highest BCUT2D eigenvalue weighted by atomic mass is 35.5. The molecule has 0 amide bonds. The van der Waals surface area contributed by atoms with Crippen LogP contribution in [0.2, 0.25) is 5.02 Å². The molecule has 0 atom stereocenters. The van der Waals surface area contributed by atoms with E-state index in [9.17, 15) is 14.9 Å². The standard InChI is InChI=1S/C14H10ClNO4S/c1-20-14(17)9-2-5-11(6-3-9)21-13-7-4-10(15)8-12(13)16(18)19/h2-8H,1H3. The van der Waals surface area contributed by atoms with E-state index in [-0.39, 0.29) is 5.69 Å². The topological polar surface area (TPSA) is 69.4 Å². The number of hydrogen-bond donors (Lipinski definition) is 0. The first kappa shape index (κ1) is 15.3. The Hall–Kier alpha value is -2.05. The van der Waals surface area contributed by atoms with Crippen molar-refractivity contribution in [3.63, 3.8) is 0 Å². The molecule has 5 nitrogen and oxygen atoms in total. The van der Waals surface area contributed by atoms with Crippen molar-refractivity contribution in [1.29, 1.82) is 0 Å². The Labute approximate surface area is 130 Å². The van der Waals surface area contributed by atoms with Gasteiger partial charge in [-0.2, -0.15) is 0 Å². The van der Waals surface area contributed by atoms with Crippen molar-refractivity contribution in [3.05, 3.63) is 63.2 Å². The lowest BCUT2D eigenvalue weighted by molar-refractivity contribution is -0.387. The molecule has 0 radical (unpaired) electrons. The molecule has 108 valence electrons. The minimum atomic E-state index is -0.475. The molecule has 21 heavy (non-hydrogen) atoms. The summed E-state index contributed by atoms with van der Waals surface area (Å²) < 4.78 is 4.61. The molecule has 0 aromatic heterocycles. The molecule has 2 aromatic carbocycles. The quantitative estimate of drug-likeness (QED) is 0.479. The molecular formula is C14H10ClNO4S. The Kier molecular flexibility index (Phi) is 4.82. The van der Waals surface area contributed by atoms with Gasteiger partial charge in [0.15, 0.2) is 0 Å². The number of nitro groups is 1. The van der Waals surface area contributed by atoms with E-state index in [0.29, 0.717) is 15.5 Å². The van der Waals surface area contributed by atoms with Crippen LogP contribution in [0.4, 0.5) is 5.69 Å². The zero-order valence-corrected chi connectivity index (χ0v) is 12.5. The highest BCUT2D eigenvalue weighted by Gasteiger charge is 2.15. The molecule has 0 aliphatic carbocycles. The zero-order valence-electron chi connectivity index (χ0n) is 10.9. The lowest BCUT2D eigenvalue weighted by Crippen LogP contribution is -2.00. The third-order valence-electron chi connectivity index (χ3n) is 2.62. The van der Waals surface area contributed by atoms with Gasteiger partial charge in [-0.05, 0) is 36.4 Å². The number of hydrogen-bond acceptors (Lipinski definition) is 5. The maximum Gasteiger partial charge on any atom is 0.337 e. The van der Waals surface area contributed by atoms with Crippen LogP contribution >= 0.6 is 23.4 Å². The molecule has 0 unspecified atom stereocenters. The third-order valence-corrected chi connectivity index (χ3v) is 3.93. The van der Waals surface area contributed by atoms with Gasteiger partial charge in [0.2, 0.25) is 0 Å². The van der Waals surface area contributed by atoms with E-state index in [1.807, 2.05) is 0 Å². The second-order valence-electron chi connectivity index (χ2n) is 3.99. The highest BCUT2D eigenvalue weighted by molar-refractivity contribution is 7.99. The van der Waals surface area contributed by atoms with Crippen LogP contribution in [-0.2, 0) is 4.74 Å². The fourth-order valence-electron chi connectivity index (χ4n) is 1.62. The number of rotatable bonds is 4. The summed E-state index contributed by atoms with van der Waals surface area (Å²) in [7, 11) is 1.31. The predicted octanol–water partition coefficient (Wildman–Crippen LogP) is 4.19. The van der Waals surface area contributed by atoms with Crippen LogP contribution in [0.15, 0.2) is 52.3 Å². The lowest BCUT2D eigenvalue weighted by Gasteiger charge is -2.04. The van der Waals surface area contributed by atoms with Gasteiger partial charge in [0.1, 0.15) is 0 Å². The number of methoxy groups -OCH3 is 1. The maximum atomic E-state index is 11.3. The molecule has 2 rings (SSSR count). The van der Waals surface area contributed by atoms with Crippen molar-refractivity contribution < 1.29 is 14.5 Å². The van der Waals surface area contributed by atoms with E-state index < -0.39 is 10.9 Å². The van der Waals surface area contributed by atoms with Gasteiger partial charge in [0.25, 0.3) is 5.69 Å². The van der Waals surface area contributed by atoms with Crippen molar-refractivity contribution in [2.45, 2.75) is 9.79 Å². The summed E-state index contributed by atoms with van der Waals surface area (Å²) in [6.07, 6.45) is 0. The van der Waals surface area contributed by atoms with Crippen LogP contribution in [0.1, 0.15) is 10.4 Å². The lowest BCUT2D eigenvalue weighted by atomic mass is 10.2. The molecule has 0 aliphatic rings. The van der Waals surface area contributed by atoms with E-state index in [1.54, 1.807) is 36.4 Å². The van der Waals surface area contributed by atoms with Gasteiger partial charge in [0, 0.05) is 16.0 Å². The van der Waals surface area contributed by atoms with Gasteiger partial charge in [-0.15, -0.1) is 0 Å². The molecule has 2 aromatic rings. The van der Waals surface area contributed by atoms with Gasteiger partial charge >= 0.3 is 5.97 Å². The summed E-state index contributed by atoms with van der Waals surface area (Å²) in [6.45, 7) is 0. The molecule has 0 N–H and O–H groups in total. The molecule has 0 fully saturated rings. The molecule has 7 heteroatoms. The number of carbonyl (C=O) groups is 1. The number of carbonyl (C=O) groups excluding carboxylic acids is 1. The Morgan fingerprint density at radius 1 is 1.24 bits per heavy atom. The largest absolute Gasteiger partial charge is 0.465 e. The van der Waals surface area contributed by atoms with Crippen LogP contribution in [0, 0.1) is 10.1 Å². The van der Waals surface area contributed by atoms with Crippen molar-refractivity contribution in [3.8, 4) is 0 Å².